The van der Waals surface area contributed by atoms with Crippen molar-refractivity contribution >= 4 is 17.3 Å². The van der Waals surface area contributed by atoms with Gasteiger partial charge in [0.05, 0.1) is 11.8 Å². The van der Waals surface area contributed by atoms with E-state index in [1.165, 1.54) is 18.2 Å². The summed E-state index contributed by atoms with van der Waals surface area (Å²) in [6.07, 6.45) is 3.23. The molecule has 1 aromatic rings. The molecule has 1 fully saturated rings. The first-order valence-electron chi connectivity index (χ1n) is 6.11. The third-order valence-electron chi connectivity index (χ3n) is 2.98. The van der Waals surface area contributed by atoms with Gasteiger partial charge >= 0.3 is 0 Å². The molecule has 1 aliphatic rings. The fourth-order valence-electron chi connectivity index (χ4n) is 2.02. The van der Waals surface area contributed by atoms with Crippen LogP contribution in [-0.2, 0) is 9.53 Å². The SMILES string of the molecule is Nc1ccc(F)c(NC(=O)CCC2CCCO2)c1. The van der Waals surface area contributed by atoms with E-state index in [1.807, 2.05) is 0 Å². The molecule has 1 atom stereocenters. The van der Waals surface area contributed by atoms with Gasteiger partial charge in [0, 0.05) is 18.7 Å². The van der Waals surface area contributed by atoms with Crippen LogP contribution in [0.5, 0.6) is 0 Å². The smallest absolute Gasteiger partial charge is 0.224 e. The maximum absolute atomic E-state index is 13.4. The number of nitrogen functional groups attached to an aromatic ring is 1. The van der Waals surface area contributed by atoms with Gasteiger partial charge in [0.15, 0.2) is 0 Å². The molecule has 1 amide bonds. The predicted molar refractivity (Wildman–Crippen MR) is 67.7 cm³/mol. The zero-order chi connectivity index (χ0) is 13.0. The number of halogens is 1. The van der Waals surface area contributed by atoms with Gasteiger partial charge in [0.2, 0.25) is 5.91 Å². The monoisotopic (exact) mass is 252 g/mol. The topological polar surface area (TPSA) is 64.3 Å². The summed E-state index contributed by atoms with van der Waals surface area (Å²) in [6, 6.07) is 4.11. The Labute approximate surface area is 105 Å². The van der Waals surface area contributed by atoms with Crippen molar-refractivity contribution in [2.24, 2.45) is 0 Å². The number of ether oxygens (including phenoxy) is 1. The quantitative estimate of drug-likeness (QED) is 0.808. The molecule has 1 unspecified atom stereocenters. The number of anilines is 2. The van der Waals surface area contributed by atoms with Crippen LogP contribution >= 0.6 is 0 Å². The summed E-state index contributed by atoms with van der Waals surface area (Å²) in [4.78, 5) is 11.7. The molecule has 4 nitrogen and oxygen atoms in total. The van der Waals surface area contributed by atoms with Crippen LogP contribution in [0.2, 0.25) is 0 Å². The van der Waals surface area contributed by atoms with Crippen molar-refractivity contribution in [1.82, 2.24) is 0 Å². The average Bonchev–Trinajstić information content (AvgIpc) is 2.84. The van der Waals surface area contributed by atoms with Crippen LogP contribution in [-0.4, -0.2) is 18.6 Å². The van der Waals surface area contributed by atoms with Crippen molar-refractivity contribution in [3.63, 3.8) is 0 Å². The number of hydrogen-bond acceptors (Lipinski definition) is 3. The minimum absolute atomic E-state index is 0.132. The van der Waals surface area contributed by atoms with Gasteiger partial charge < -0.3 is 15.8 Å². The summed E-state index contributed by atoms with van der Waals surface area (Å²) in [7, 11) is 0. The molecule has 5 heteroatoms. The Balaban J connectivity index is 1.84. The minimum Gasteiger partial charge on any atom is -0.399 e. The second kappa shape index (κ2) is 5.82. The first-order valence-corrected chi connectivity index (χ1v) is 6.11. The molecule has 0 saturated carbocycles. The van der Waals surface area contributed by atoms with E-state index in [9.17, 15) is 9.18 Å². The van der Waals surface area contributed by atoms with Crippen molar-refractivity contribution in [3.05, 3.63) is 24.0 Å². The molecule has 1 heterocycles. The van der Waals surface area contributed by atoms with E-state index in [1.54, 1.807) is 0 Å². The Kier molecular flexibility index (Phi) is 4.15. The molecule has 0 spiro atoms. The largest absolute Gasteiger partial charge is 0.399 e. The lowest BCUT2D eigenvalue weighted by Gasteiger charge is -2.10. The van der Waals surface area contributed by atoms with Crippen LogP contribution in [0.1, 0.15) is 25.7 Å². The molecule has 98 valence electrons. The molecule has 3 N–H and O–H groups in total. The van der Waals surface area contributed by atoms with Crippen molar-refractivity contribution in [3.8, 4) is 0 Å². The molecule has 1 aliphatic heterocycles. The number of nitrogens with one attached hydrogen (secondary N) is 1. The summed E-state index contributed by atoms with van der Waals surface area (Å²) in [5, 5.41) is 2.53. The molecule has 2 rings (SSSR count). The predicted octanol–water partition coefficient (Wildman–Crippen LogP) is 2.31. The Morgan fingerprint density at radius 1 is 1.56 bits per heavy atom. The number of benzene rings is 1. The van der Waals surface area contributed by atoms with Gasteiger partial charge in [0.25, 0.3) is 0 Å². The van der Waals surface area contributed by atoms with Crippen LogP contribution in [0, 0.1) is 5.82 Å². The lowest BCUT2D eigenvalue weighted by molar-refractivity contribution is -0.116. The highest BCUT2D eigenvalue weighted by Crippen LogP contribution is 2.19. The van der Waals surface area contributed by atoms with E-state index in [0.717, 1.165) is 19.4 Å². The average molecular weight is 252 g/mol. The molecule has 1 saturated heterocycles. The number of nitrogens with two attached hydrogens (primary N) is 1. The third-order valence-corrected chi connectivity index (χ3v) is 2.98. The molecule has 0 radical (unpaired) electrons. The summed E-state index contributed by atoms with van der Waals surface area (Å²) < 4.78 is 18.8. The minimum atomic E-state index is -0.477. The van der Waals surface area contributed by atoms with Gasteiger partial charge in [-0.15, -0.1) is 0 Å². The highest BCUT2D eigenvalue weighted by Gasteiger charge is 2.17. The van der Waals surface area contributed by atoms with Crippen molar-refractivity contribution in [2.75, 3.05) is 17.7 Å². The van der Waals surface area contributed by atoms with Gasteiger partial charge in [-0.2, -0.15) is 0 Å². The van der Waals surface area contributed by atoms with Crippen LogP contribution in [0.4, 0.5) is 15.8 Å². The van der Waals surface area contributed by atoms with Crippen LogP contribution in [0.25, 0.3) is 0 Å². The number of hydrogen-bond donors (Lipinski definition) is 2. The number of carbonyl (C=O) groups is 1. The molecule has 0 aromatic heterocycles. The standard InChI is InChI=1S/C13H17FN2O2/c14-11-5-3-9(15)8-12(11)16-13(17)6-4-10-2-1-7-18-10/h3,5,8,10H,1-2,4,6-7,15H2,(H,16,17). The Hall–Kier alpha value is -1.62. The molecule has 0 bridgehead atoms. The van der Waals surface area contributed by atoms with Gasteiger partial charge in [-0.1, -0.05) is 0 Å². The van der Waals surface area contributed by atoms with E-state index >= 15 is 0 Å². The molecular weight excluding hydrogens is 235 g/mol. The number of amides is 1. The zero-order valence-corrected chi connectivity index (χ0v) is 10.1. The Morgan fingerprint density at radius 3 is 3.11 bits per heavy atom. The second-order valence-electron chi connectivity index (χ2n) is 4.46. The number of carbonyl (C=O) groups excluding carboxylic acids is 1. The van der Waals surface area contributed by atoms with Crippen LogP contribution in [0.3, 0.4) is 0 Å². The summed E-state index contributed by atoms with van der Waals surface area (Å²) in [5.74, 6) is -0.690. The van der Waals surface area contributed by atoms with E-state index < -0.39 is 5.82 Å². The molecule has 0 aliphatic carbocycles. The maximum Gasteiger partial charge on any atom is 0.224 e. The van der Waals surface area contributed by atoms with Crippen molar-refractivity contribution in [1.29, 1.82) is 0 Å². The van der Waals surface area contributed by atoms with E-state index in [0.29, 0.717) is 18.5 Å². The fraction of sp³-hybridized carbons (Fsp3) is 0.462. The van der Waals surface area contributed by atoms with Crippen molar-refractivity contribution in [2.45, 2.75) is 31.8 Å². The van der Waals surface area contributed by atoms with Crippen molar-refractivity contribution < 1.29 is 13.9 Å². The highest BCUT2D eigenvalue weighted by atomic mass is 19.1. The van der Waals surface area contributed by atoms with Gasteiger partial charge in [-0.05, 0) is 37.5 Å². The van der Waals surface area contributed by atoms with Gasteiger partial charge in [-0.25, -0.2) is 4.39 Å². The lowest BCUT2D eigenvalue weighted by Crippen LogP contribution is -2.16. The zero-order valence-electron chi connectivity index (χ0n) is 10.1. The van der Waals surface area contributed by atoms with Crippen LogP contribution < -0.4 is 11.1 Å². The molecule has 18 heavy (non-hydrogen) atoms. The third kappa shape index (κ3) is 3.43. The van der Waals surface area contributed by atoms with Gasteiger partial charge in [0.1, 0.15) is 5.82 Å². The fourth-order valence-corrected chi connectivity index (χ4v) is 2.02. The van der Waals surface area contributed by atoms with E-state index in [2.05, 4.69) is 5.32 Å². The maximum atomic E-state index is 13.4. The normalized spacial score (nSPS) is 18.8. The summed E-state index contributed by atoms with van der Waals surface area (Å²) in [6.45, 7) is 0.774. The van der Waals surface area contributed by atoms with E-state index in [4.69, 9.17) is 10.5 Å². The summed E-state index contributed by atoms with van der Waals surface area (Å²) >= 11 is 0. The number of rotatable bonds is 4. The Bertz CT molecular complexity index is 431. The second-order valence-corrected chi connectivity index (χ2v) is 4.46. The van der Waals surface area contributed by atoms with Crippen LogP contribution in [0.15, 0.2) is 18.2 Å². The molecule has 1 aromatic carbocycles. The lowest BCUT2D eigenvalue weighted by atomic mass is 10.1. The molecular formula is C13H17FN2O2. The van der Waals surface area contributed by atoms with E-state index in [-0.39, 0.29) is 17.7 Å². The first kappa shape index (κ1) is 12.8. The summed E-state index contributed by atoms with van der Waals surface area (Å²) in [5.41, 5.74) is 6.09. The first-order chi connectivity index (χ1) is 8.65. The Morgan fingerprint density at radius 2 is 2.39 bits per heavy atom. The highest BCUT2D eigenvalue weighted by molar-refractivity contribution is 5.91. The van der Waals surface area contributed by atoms with Gasteiger partial charge in [-0.3, -0.25) is 4.79 Å².